The third kappa shape index (κ3) is 3.52. The van der Waals surface area contributed by atoms with Gasteiger partial charge >= 0.3 is 6.36 Å². The van der Waals surface area contributed by atoms with Gasteiger partial charge in [0.2, 0.25) is 0 Å². The standard InChI is InChI=1S/C18H12F3NOS2/c19-18(20,21)23-11-3-5-16-14(10-11)17-13(7-9-25-17)15(22-16)6-4-12-2-1-8-24-12/h1-6,8,10H,7,9H2. The molecule has 0 radical (unpaired) electrons. The topological polar surface area (TPSA) is 22.1 Å². The Morgan fingerprint density at radius 2 is 2.04 bits per heavy atom. The maximum atomic E-state index is 12.5. The lowest BCUT2D eigenvalue weighted by atomic mass is 10.1. The second kappa shape index (κ2) is 6.38. The molecule has 0 N–H and O–H groups in total. The van der Waals surface area contributed by atoms with Gasteiger partial charge in [-0.3, -0.25) is 0 Å². The first-order valence-corrected chi connectivity index (χ1v) is 9.43. The number of thioether (sulfide) groups is 1. The molecule has 25 heavy (non-hydrogen) atoms. The average molecular weight is 379 g/mol. The van der Waals surface area contributed by atoms with Crippen molar-refractivity contribution in [2.45, 2.75) is 17.7 Å². The fourth-order valence-corrected chi connectivity index (χ4v) is 4.64. The van der Waals surface area contributed by atoms with E-state index in [1.54, 1.807) is 29.2 Å². The molecule has 1 aliphatic heterocycles. The van der Waals surface area contributed by atoms with Gasteiger partial charge in [-0.1, -0.05) is 6.07 Å². The molecule has 0 bridgehead atoms. The smallest absolute Gasteiger partial charge is 0.406 e. The van der Waals surface area contributed by atoms with Gasteiger partial charge in [-0.05, 0) is 53.8 Å². The van der Waals surface area contributed by atoms with Gasteiger partial charge in [0.1, 0.15) is 5.75 Å². The van der Waals surface area contributed by atoms with Crippen molar-refractivity contribution in [3.8, 4) is 5.75 Å². The molecule has 0 fully saturated rings. The molecule has 3 aromatic rings. The first-order chi connectivity index (χ1) is 12.0. The highest BCUT2D eigenvalue weighted by Gasteiger charge is 2.31. The van der Waals surface area contributed by atoms with Crippen molar-refractivity contribution < 1.29 is 17.9 Å². The van der Waals surface area contributed by atoms with Crippen LogP contribution in [0.15, 0.2) is 40.6 Å². The van der Waals surface area contributed by atoms with Gasteiger partial charge in [-0.25, -0.2) is 4.98 Å². The number of fused-ring (bicyclic) bond motifs is 3. The third-order valence-corrected chi connectivity index (χ3v) is 5.82. The van der Waals surface area contributed by atoms with Crippen LogP contribution in [-0.4, -0.2) is 17.1 Å². The SMILES string of the molecule is FC(F)(F)Oc1ccc2nc(C=Cc3cccs3)c3c(c2c1)SCC3. The summed E-state index contributed by atoms with van der Waals surface area (Å²) in [6.07, 6.45) is 0.164. The van der Waals surface area contributed by atoms with Crippen LogP contribution in [0.3, 0.4) is 0 Å². The average Bonchev–Trinajstić information content (AvgIpc) is 3.23. The molecule has 1 aliphatic rings. The number of aromatic nitrogens is 1. The summed E-state index contributed by atoms with van der Waals surface area (Å²) < 4.78 is 41.4. The molecule has 0 aliphatic carbocycles. The number of alkyl halides is 3. The molecule has 0 spiro atoms. The zero-order valence-corrected chi connectivity index (χ0v) is 14.5. The second-order valence-electron chi connectivity index (χ2n) is 5.48. The fourth-order valence-electron chi connectivity index (χ4n) is 2.81. The molecule has 0 atom stereocenters. The van der Waals surface area contributed by atoms with Gasteiger partial charge in [0.25, 0.3) is 0 Å². The van der Waals surface area contributed by atoms with Gasteiger partial charge in [0, 0.05) is 20.9 Å². The Labute approximate surface area is 150 Å². The summed E-state index contributed by atoms with van der Waals surface area (Å²) in [6.45, 7) is 0. The van der Waals surface area contributed by atoms with Crippen LogP contribution in [0.5, 0.6) is 5.75 Å². The molecular weight excluding hydrogens is 367 g/mol. The maximum absolute atomic E-state index is 12.5. The molecule has 128 valence electrons. The summed E-state index contributed by atoms with van der Waals surface area (Å²) in [5.74, 6) is 0.693. The van der Waals surface area contributed by atoms with Crippen molar-refractivity contribution in [2.75, 3.05) is 5.75 Å². The van der Waals surface area contributed by atoms with Crippen molar-refractivity contribution in [1.82, 2.24) is 4.98 Å². The number of thiophene rings is 1. The van der Waals surface area contributed by atoms with E-state index in [4.69, 9.17) is 0 Å². The Kier molecular flexibility index (Phi) is 4.21. The summed E-state index contributed by atoms with van der Waals surface area (Å²) in [5.41, 5.74) is 2.65. The minimum atomic E-state index is -4.69. The minimum absolute atomic E-state index is 0.210. The van der Waals surface area contributed by atoms with E-state index in [0.717, 1.165) is 33.2 Å². The molecule has 0 saturated carbocycles. The Hall–Kier alpha value is -1.99. The maximum Gasteiger partial charge on any atom is 0.573 e. The Bertz CT molecular complexity index is 949. The van der Waals surface area contributed by atoms with Crippen LogP contribution < -0.4 is 4.74 Å². The summed E-state index contributed by atoms with van der Waals surface area (Å²) in [6, 6.07) is 8.33. The van der Waals surface area contributed by atoms with Gasteiger partial charge in [0.15, 0.2) is 0 Å². The highest BCUT2D eigenvalue weighted by molar-refractivity contribution is 7.99. The predicted octanol–water partition coefficient (Wildman–Crippen LogP) is 6.01. The van der Waals surface area contributed by atoms with E-state index in [0.29, 0.717) is 10.9 Å². The van der Waals surface area contributed by atoms with Crippen LogP contribution in [0.4, 0.5) is 13.2 Å². The van der Waals surface area contributed by atoms with Gasteiger partial charge in [-0.2, -0.15) is 0 Å². The highest BCUT2D eigenvalue weighted by atomic mass is 32.2. The molecule has 1 aromatic carbocycles. The molecular formula is C18H12F3NOS2. The van der Waals surface area contributed by atoms with Gasteiger partial charge in [0.05, 0.1) is 11.2 Å². The lowest BCUT2D eigenvalue weighted by Gasteiger charge is -2.12. The molecule has 2 aromatic heterocycles. The lowest BCUT2D eigenvalue weighted by Crippen LogP contribution is -2.17. The summed E-state index contributed by atoms with van der Waals surface area (Å²) in [4.78, 5) is 6.79. The van der Waals surface area contributed by atoms with Crippen LogP contribution in [-0.2, 0) is 6.42 Å². The fraction of sp³-hybridized carbons (Fsp3) is 0.167. The first kappa shape index (κ1) is 16.5. The van der Waals surface area contributed by atoms with Crippen molar-refractivity contribution >= 4 is 46.2 Å². The number of pyridine rings is 1. The molecule has 3 heterocycles. The number of hydrogen-bond acceptors (Lipinski definition) is 4. The van der Waals surface area contributed by atoms with Crippen molar-refractivity contribution in [1.29, 1.82) is 0 Å². The van der Waals surface area contributed by atoms with Crippen molar-refractivity contribution in [3.05, 3.63) is 51.8 Å². The minimum Gasteiger partial charge on any atom is -0.406 e. The van der Waals surface area contributed by atoms with Gasteiger partial charge in [-0.15, -0.1) is 36.3 Å². The molecule has 0 amide bonds. The van der Waals surface area contributed by atoms with E-state index in [1.807, 2.05) is 29.7 Å². The quantitative estimate of drug-likeness (QED) is 0.556. The lowest BCUT2D eigenvalue weighted by molar-refractivity contribution is -0.274. The van der Waals surface area contributed by atoms with E-state index < -0.39 is 6.36 Å². The summed E-state index contributed by atoms with van der Waals surface area (Å²) in [5, 5.41) is 2.73. The van der Waals surface area contributed by atoms with E-state index in [-0.39, 0.29) is 5.75 Å². The predicted molar refractivity (Wildman–Crippen MR) is 96.1 cm³/mol. The van der Waals surface area contributed by atoms with Crippen molar-refractivity contribution in [3.63, 3.8) is 0 Å². The third-order valence-electron chi connectivity index (χ3n) is 3.82. The molecule has 7 heteroatoms. The number of ether oxygens (including phenoxy) is 1. The number of benzene rings is 1. The largest absolute Gasteiger partial charge is 0.573 e. The molecule has 0 saturated heterocycles. The first-order valence-electron chi connectivity index (χ1n) is 7.56. The van der Waals surface area contributed by atoms with Crippen LogP contribution >= 0.6 is 23.1 Å². The van der Waals surface area contributed by atoms with E-state index >= 15 is 0 Å². The highest BCUT2D eigenvalue weighted by Crippen LogP contribution is 2.40. The van der Waals surface area contributed by atoms with E-state index in [1.165, 1.54) is 12.1 Å². The molecule has 2 nitrogen and oxygen atoms in total. The van der Waals surface area contributed by atoms with Crippen LogP contribution in [0.2, 0.25) is 0 Å². The Morgan fingerprint density at radius 1 is 1.16 bits per heavy atom. The van der Waals surface area contributed by atoms with Crippen molar-refractivity contribution in [2.24, 2.45) is 0 Å². The number of rotatable bonds is 3. The molecule has 4 rings (SSSR count). The Balaban J connectivity index is 1.78. The monoisotopic (exact) mass is 379 g/mol. The van der Waals surface area contributed by atoms with Gasteiger partial charge < -0.3 is 4.74 Å². The van der Waals surface area contributed by atoms with E-state index in [9.17, 15) is 13.2 Å². The number of halogens is 3. The van der Waals surface area contributed by atoms with Crippen LogP contribution in [0, 0.1) is 0 Å². The van der Waals surface area contributed by atoms with Crippen LogP contribution in [0.1, 0.15) is 16.1 Å². The zero-order chi connectivity index (χ0) is 17.4. The summed E-state index contributed by atoms with van der Waals surface area (Å²) >= 11 is 3.30. The summed E-state index contributed by atoms with van der Waals surface area (Å²) in [7, 11) is 0. The van der Waals surface area contributed by atoms with E-state index in [2.05, 4.69) is 9.72 Å². The molecule has 0 unspecified atom stereocenters. The second-order valence-corrected chi connectivity index (χ2v) is 7.56. The number of hydrogen-bond donors (Lipinski definition) is 0. The number of nitrogens with zero attached hydrogens (tertiary/aromatic N) is 1. The van der Waals surface area contributed by atoms with Crippen LogP contribution in [0.25, 0.3) is 23.1 Å². The zero-order valence-electron chi connectivity index (χ0n) is 12.8. The normalized spacial score (nSPS) is 14.4. The Morgan fingerprint density at radius 3 is 2.80 bits per heavy atom.